The molecule has 1 atom stereocenters. The van der Waals surface area contributed by atoms with Crippen LogP contribution in [-0.2, 0) is 0 Å². The molecule has 1 aromatic carbocycles. The standard InChI is InChI=1S/C13H21ClN2O/c1-3-16(4-2)12-7-5-11(6-8-12)15-10-13(17)9-14/h5-8,13,15,17H,3-4,9-10H2,1-2H3. The summed E-state index contributed by atoms with van der Waals surface area (Å²) < 4.78 is 0. The average molecular weight is 257 g/mol. The summed E-state index contributed by atoms with van der Waals surface area (Å²) in [6, 6.07) is 8.22. The van der Waals surface area contributed by atoms with E-state index in [1.165, 1.54) is 5.69 Å². The molecule has 96 valence electrons. The van der Waals surface area contributed by atoms with E-state index >= 15 is 0 Å². The van der Waals surface area contributed by atoms with Gasteiger partial charge in [-0.25, -0.2) is 0 Å². The molecule has 0 radical (unpaired) electrons. The Morgan fingerprint density at radius 2 is 1.82 bits per heavy atom. The molecule has 0 saturated heterocycles. The SMILES string of the molecule is CCN(CC)c1ccc(NCC(O)CCl)cc1. The largest absolute Gasteiger partial charge is 0.390 e. The Bertz CT molecular complexity index is 312. The molecule has 0 fully saturated rings. The molecule has 0 aliphatic rings. The molecule has 1 unspecified atom stereocenters. The van der Waals surface area contributed by atoms with Gasteiger partial charge in [-0.15, -0.1) is 11.6 Å². The molecule has 2 N–H and O–H groups in total. The third-order valence-electron chi connectivity index (χ3n) is 2.72. The zero-order valence-corrected chi connectivity index (χ0v) is 11.2. The minimum atomic E-state index is -0.501. The van der Waals surface area contributed by atoms with E-state index in [4.69, 9.17) is 11.6 Å². The van der Waals surface area contributed by atoms with Gasteiger partial charge in [0.25, 0.3) is 0 Å². The van der Waals surface area contributed by atoms with Crippen LogP contribution >= 0.6 is 11.6 Å². The van der Waals surface area contributed by atoms with Crippen molar-refractivity contribution < 1.29 is 5.11 Å². The third kappa shape index (κ3) is 4.44. The second-order valence-corrected chi connectivity index (χ2v) is 4.22. The van der Waals surface area contributed by atoms with E-state index in [9.17, 15) is 5.11 Å². The number of nitrogens with one attached hydrogen (secondary N) is 1. The Hall–Kier alpha value is -0.930. The molecular formula is C13H21ClN2O. The van der Waals surface area contributed by atoms with Crippen molar-refractivity contribution in [3.05, 3.63) is 24.3 Å². The quantitative estimate of drug-likeness (QED) is 0.736. The van der Waals surface area contributed by atoms with E-state index in [0.29, 0.717) is 6.54 Å². The predicted molar refractivity (Wildman–Crippen MR) is 75.2 cm³/mol. The number of benzene rings is 1. The zero-order chi connectivity index (χ0) is 12.7. The fourth-order valence-electron chi connectivity index (χ4n) is 1.67. The summed E-state index contributed by atoms with van der Waals surface area (Å²) in [7, 11) is 0. The van der Waals surface area contributed by atoms with Crippen molar-refractivity contribution in [1.82, 2.24) is 0 Å². The number of aliphatic hydroxyl groups excluding tert-OH is 1. The molecule has 1 aromatic rings. The van der Waals surface area contributed by atoms with Gasteiger partial charge in [0, 0.05) is 31.0 Å². The summed E-state index contributed by atoms with van der Waals surface area (Å²) >= 11 is 5.53. The van der Waals surface area contributed by atoms with Crippen molar-refractivity contribution >= 4 is 23.0 Å². The molecule has 0 saturated carbocycles. The molecule has 0 amide bonds. The van der Waals surface area contributed by atoms with Gasteiger partial charge in [-0.1, -0.05) is 0 Å². The Balaban J connectivity index is 2.55. The summed E-state index contributed by atoms with van der Waals surface area (Å²) in [5.74, 6) is 0.254. The first kappa shape index (κ1) is 14.1. The number of hydrogen-bond donors (Lipinski definition) is 2. The van der Waals surface area contributed by atoms with Crippen molar-refractivity contribution in [1.29, 1.82) is 0 Å². The smallest absolute Gasteiger partial charge is 0.0847 e. The number of alkyl halides is 1. The Labute approximate surface area is 108 Å². The predicted octanol–water partition coefficient (Wildman–Crippen LogP) is 2.54. The topological polar surface area (TPSA) is 35.5 Å². The molecule has 4 heteroatoms. The van der Waals surface area contributed by atoms with Gasteiger partial charge in [0.05, 0.1) is 12.0 Å². The second-order valence-electron chi connectivity index (χ2n) is 3.91. The average Bonchev–Trinajstić information content (AvgIpc) is 2.38. The molecule has 1 rings (SSSR count). The lowest BCUT2D eigenvalue weighted by molar-refractivity contribution is 0.211. The monoisotopic (exact) mass is 256 g/mol. The van der Waals surface area contributed by atoms with Crippen LogP contribution in [0.3, 0.4) is 0 Å². The number of halogens is 1. The van der Waals surface area contributed by atoms with Crippen molar-refractivity contribution in [3.63, 3.8) is 0 Å². The summed E-state index contributed by atoms with van der Waals surface area (Å²) in [5, 5.41) is 12.5. The van der Waals surface area contributed by atoms with Gasteiger partial charge in [0.15, 0.2) is 0 Å². The molecule has 0 heterocycles. The van der Waals surface area contributed by atoms with Crippen LogP contribution in [-0.4, -0.2) is 36.7 Å². The van der Waals surface area contributed by atoms with Gasteiger partial charge in [-0.3, -0.25) is 0 Å². The molecule has 0 spiro atoms. The first-order valence-corrected chi connectivity index (χ1v) is 6.57. The van der Waals surface area contributed by atoms with Crippen LogP contribution in [0.15, 0.2) is 24.3 Å². The van der Waals surface area contributed by atoms with Crippen molar-refractivity contribution in [2.24, 2.45) is 0 Å². The number of hydrogen-bond acceptors (Lipinski definition) is 3. The molecule has 3 nitrogen and oxygen atoms in total. The van der Waals surface area contributed by atoms with Crippen LogP contribution in [0.5, 0.6) is 0 Å². The lowest BCUT2D eigenvalue weighted by Gasteiger charge is -2.21. The van der Waals surface area contributed by atoms with E-state index in [1.807, 2.05) is 12.1 Å². The maximum Gasteiger partial charge on any atom is 0.0847 e. The number of anilines is 2. The Kier molecular flexibility index (Phi) is 6.16. The molecule has 0 aromatic heterocycles. The van der Waals surface area contributed by atoms with Gasteiger partial charge < -0.3 is 15.3 Å². The van der Waals surface area contributed by atoms with Crippen LogP contribution in [0, 0.1) is 0 Å². The van der Waals surface area contributed by atoms with E-state index in [1.54, 1.807) is 0 Å². The zero-order valence-electron chi connectivity index (χ0n) is 10.5. The van der Waals surface area contributed by atoms with Gasteiger partial charge >= 0.3 is 0 Å². The van der Waals surface area contributed by atoms with Crippen LogP contribution in [0.2, 0.25) is 0 Å². The van der Waals surface area contributed by atoms with Crippen LogP contribution in [0.1, 0.15) is 13.8 Å². The highest BCUT2D eigenvalue weighted by atomic mass is 35.5. The first-order valence-electron chi connectivity index (χ1n) is 6.04. The summed E-state index contributed by atoms with van der Waals surface area (Å²) in [5.41, 5.74) is 2.23. The minimum Gasteiger partial charge on any atom is -0.390 e. The van der Waals surface area contributed by atoms with Gasteiger partial charge in [0.2, 0.25) is 0 Å². The minimum absolute atomic E-state index is 0.254. The van der Waals surface area contributed by atoms with Crippen LogP contribution in [0.4, 0.5) is 11.4 Å². The molecule has 17 heavy (non-hydrogen) atoms. The Morgan fingerprint density at radius 1 is 1.24 bits per heavy atom. The highest BCUT2D eigenvalue weighted by Gasteiger charge is 2.03. The third-order valence-corrected chi connectivity index (χ3v) is 3.07. The highest BCUT2D eigenvalue weighted by molar-refractivity contribution is 6.18. The molecule has 0 aliphatic heterocycles. The number of aliphatic hydroxyl groups is 1. The summed E-state index contributed by atoms with van der Waals surface area (Å²) in [4.78, 5) is 2.29. The van der Waals surface area contributed by atoms with Crippen LogP contribution < -0.4 is 10.2 Å². The first-order chi connectivity index (χ1) is 8.21. The highest BCUT2D eigenvalue weighted by Crippen LogP contribution is 2.17. The molecule has 0 aliphatic carbocycles. The maximum atomic E-state index is 9.34. The second kappa shape index (κ2) is 7.41. The normalized spacial score (nSPS) is 12.2. The van der Waals surface area contributed by atoms with E-state index in [0.717, 1.165) is 18.8 Å². The maximum absolute atomic E-state index is 9.34. The summed E-state index contributed by atoms with van der Waals surface area (Å²) in [6.07, 6.45) is -0.501. The summed E-state index contributed by atoms with van der Waals surface area (Å²) in [6.45, 7) is 6.79. The van der Waals surface area contributed by atoms with E-state index in [2.05, 4.69) is 36.2 Å². The number of rotatable bonds is 7. The van der Waals surface area contributed by atoms with Crippen molar-refractivity contribution in [2.75, 3.05) is 35.7 Å². The van der Waals surface area contributed by atoms with Crippen molar-refractivity contribution in [3.8, 4) is 0 Å². The van der Waals surface area contributed by atoms with Gasteiger partial charge in [-0.05, 0) is 38.1 Å². The fourth-order valence-corrected chi connectivity index (χ4v) is 1.78. The lowest BCUT2D eigenvalue weighted by Crippen LogP contribution is -2.22. The van der Waals surface area contributed by atoms with Gasteiger partial charge in [-0.2, -0.15) is 0 Å². The van der Waals surface area contributed by atoms with E-state index in [-0.39, 0.29) is 5.88 Å². The fraction of sp³-hybridized carbons (Fsp3) is 0.538. The van der Waals surface area contributed by atoms with Gasteiger partial charge in [0.1, 0.15) is 0 Å². The van der Waals surface area contributed by atoms with Crippen molar-refractivity contribution in [2.45, 2.75) is 20.0 Å². The molecule has 0 bridgehead atoms. The number of nitrogens with zero attached hydrogens (tertiary/aromatic N) is 1. The lowest BCUT2D eigenvalue weighted by atomic mass is 10.2. The Morgan fingerprint density at radius 3 is 2.29 bits per heavy atom. The molecular weight excluding hydrogens is 236 g/mol. The van der Waals surface area contributed by atoms with Crippen LogP contribution in [0.25, 0.3) is 0 Å². The van der Waals surface area contributed by atoms with E-state index < -0.39 is 6.10 Å².